The minimum Gasteiger partial charge on any atom is -0.488 e. The molecule has 0 radical (unpaired) electrons. The standard InChI is InChI=1S/C15H15BrO3/c1-3-4-11-7-15(17)19-14-8-12(5-6-13(11)14)18-9-10(2)16/h5-8H,2-4,9H2,1H3. The molecule has 3 nitrogen and oxygen atoms in total. The molecule has 0 fully saturated rings. The van der Waals surface area contributed by atoms with E-state index in [1.165, 1.54) is 0 Å². The van der Waals surface area contributed by atoms with Gasteiger partial charge in [-0.1, -0.05) is 35.9 Å². The maximum atomic E-state index is 11.5. The topological polar surface area (TPSA) is 39.4 Å². The molecule has 0 bridgehead atoms. The van der Waals surface area contributed by atoms with Gasteiger partial charge in [0.15, 0.2) is 0 Å². The zero-order chi connectivity index (χ0) is 13.8. The monoisotopic (exact) mass is 322 g/mol. The van der Waals surface area contributed by atoms with Crippen LogP contribution in [0.2, 0.25) is 0 Å². The molecular formula is C15H15BrO3. The summed E-state index contributed by atoms with van der Waals surface area (Å²) in [6.07, 6.45) is 1.85. The quantitative estimate of drug-likeness (QED) is 0.780. The highest BCUT2D eigenvalue weighted by Crippen LogP contribution is 2.24. The number of hydrogen-bond acceptors (Lipinski definition) is 3. The lowest BCUT2D eigenvalue weighted by Gasteiger charge is -2.07. The van der Waals surface area contributed by atoms with Crippen molar-refractivity contribution < 1.29 is 9.15 Å². The van der Waals surface area contributed by atoms with Gasteiger partial charge in [0.25, 0.3) is 0 Å². The van der Waals surface area contributed by atoms with E-state index < -0.39 is 0 Å². The molecule has 0 aliphatic rings. The number of halogens is 1. The Morgan fingerprint density at radius 2 is 2.21 bits per heavy atom. The van der Waals surface area contributed by atoms with E-state index in [2.05, 4.69) is 29.4 Å². The van der Waals surface area contributed by atoms with Crippen molar-refractivity contribution in [2.24, 2.45) is 0 Å². The third-order valence-corrected chi connectivity index (χ3v) is 2.95. The van der Waals surface area contributed by atoms with Crippen LogP contribution in [0.25, 0.3) is 11.0 Å². The SMILES string of the molecule is C=C(Br)COc1ccc2c(CCC)cc(=O)oc2c1. The maximum Gasteiger partial charge on any atom is 0.336 e. The van der Waals surface area contributed by atoms with E-state index in [9.17, 15) is 4.79 Å². The first-order chi connectivity index (χ1) is 9.10. The van der Waals surface area contributed by atoms with E-state index in [1.807, 2.05) is 12.1 Å². The van der Waals surface area contributed by atoms with Crippen LogP contribution >= 0.6 is 15.9 Å². The molecular weight excluding hydrogens is 308 g/mol. The molecule has 100 valence electrons. The minimum atomic E-state index is -0.321. The van der Waals surface area contributed by atoms with Gasteiger partial charge in [0.1, 0.15) is 17.9 Å². The molecule has 4 heteroatoms. The van der Waals surface area contributed by atoms with E-state index in [1.54, 1.807) is 12.1 Å². The lowest BCUT2D eigenvalue weighted by molar-refractivity contribution is 0.360. The number of rotatable bonds is 5. The summed E-state index contributed by atoms with van der Waals surface area (Å²) in [4.78, 5) is 11.5. The van der Waals surface area contributed by atoms with Gasteiger partial charge in [-0.05, 0) is 24.1 Å². The Bertz CT molecular complexity index is 658. The van der Waals surface area contributed by atoms with Crippen LogP contribution in [0.4, 0.5) is 0 Å². The van der Waals surface area contributed by atoms with Gasteiger partial charge in [0.05, 0.1) is 0 Å². The highest BCUT2D eigenvalue weighted by Gasteiger charge is 2.06. The Kier molecular flexibility index (Phi) is 4.43. The average molecular weight is 323 g/mol. The zero-order valence-corrected chi connectivity index (χ0v) is 12.3. The smallest absolute Gasteiger partial charge is 0.336 e. The fraction of sp³-hybridized carbons (Fsp3) is 0.267. The molecule has 0 saturated heterocycles. The van der Waals surface area contributed by atoms with Gasteiger partial charge in [-0.2, -0.15) is 0 Å². The minimum absolute atomic E-state index is 0.321. The predicted molar refractivity (Wildman–Crippen MR) is 80.0 cm³/mol. The number of aryl methyl sites for hydroxylation is 1. The lowest BCUT2D eigenvalue weighted by Crippen LogP contribution is -2.01. The van der Waals surface area contributed by atoms with Crippen molar-refractivity contribution in [2.45, 2.75) is 19.8 Å². The van der Waals surface area contributed by atoms with Crippen LogP contribution in [0, 0.1) is 0 Å². The van der Waals surface area contributed by atoms with Crippen LogP contribution in [0.15, 0.2) is 44.5 Å². The maximum absolute atomic E-state index is 11.5. The molecule has 0 amide bonds. The van der Waals surface area contributed by atoms with E-state index >= 15 is 0 Å². The second-order valence-electron chi connectivity index (χ2n) is 4.30. The normalized spacial score (nSPS) is 10.6. The molecule has 1 aromatic heterocycles. The second-order valence-corrected chi connectivity index (χ2v) is 5.43. The van der Waals surface area contributed by atoms with Crippen molar-refractivity contribution in [3.63, 3.8) is 0 Å². The Balaban J connectivity index is 2.42. The molecule has 0 aliphatic carbocycles. The third kappa shape index (κ3) is 3.47. The predicted octanol–water partition coefficient (Wildman–Crippen LogP) is 4.03. The molecule has 2 aromatic rings. The highest BCUT2D eigenvalue weighted by molar-refractivity contribution is 9.11. The van der Waals surface area contributed by atoms with Crippen molar-refractivity contribution in [1.29, 1.82) is 0 Å². The zero-order valence-electron chi connectivity index (χ0n) is 10.7. The van der Waals surface area contributed by atoms with Crippen LogP contribution in [-0.4, -0.2) is 6.61 Å². The molecule has 0 atom stereocenters. The number of benzene rings is 1. The molecule has 19 heavy (non-hydrogen) atoms. The van der Waals surface area contributed by atoms with Crippen LogP contribution in [0.1, 0.15) is 18.9 Å². The summed E-state index contributed by atoms with van der Waals surface area (Å²) in [5.74, 6) is 0.657. The van der Waals surface area contributed by atoms with Crippen molar-refractivity contribution in [1.82, 2.24) is 0 Å². The molecule has 1 heterocycles. The van der Waals surface area contributed by atoms with Crippen LogP contribution in [-0.2, 0) is 6.42 Å². The molecule has 0 unspecified atom stereocenters. The summed E-state index contributed by atoms with van der Waals surface area (Å²) in [5.41, 5.74) is 1.26. The third-order valence-electron chi connectivity index (χ3n) is 2.72. The van der Waals surface area contributed by atoms with Crippen molar-refractivity contribution in [3.8, 4) is 5.75 Å². The van der Waals surface area contributed by atoms with Gasteiger partial charge in [-0.25, -0.2) is 4.79 Å². The van der Waals surface area contributed by atoms with E-state index in [4.69, 9.17) is 9.15 Å². The second kappa shape index (κ2) is 6.06. The first kappa shape index (κ1) is 13.9. The van der Waals surface area contributed by atoms with Gasteiger partial charge in [0.2, 0.25) is 0 Å². The van der Waals surface area contributed by atoms with Crippen molar-refractivity contribution in [3.05, 3.63) is 51.3 Å². The van der Waals surface area contributed by atoms with Gasteiger partial charge in [-0.3, -0.25) is 0 Å². The van der Waals surface area contributed by atoms with Crippen LogP contribution in [0.5, 0.6) is 5.75 Å². The Labute approximate surface area is 120 Å². The molecule has 0 aliphatic heterocycles. The van der Waals surface area contributed by atoms with Crippen LogP contribution < -0.4 is 10.4 Å². The van der Waals surface area contributed by atoms with E-state index in [0.717, 1.165) is 28.3 Å². The largest absolute Gasteiger partial charge is 0.488 e. The van der Waals surface area contributed by atoms with Crippen molar-refractivity contribution in [2.75, 3.05) is 6.61 Å². The first-order valence-corrected chi connectivity index (χ1v) is 6.92. The van der Waals surface area contributed by atoms with Crippen molar-refractivity contribution >= 4 is 26.9 Å². The number of fused-ring (bicyclic) bond motifs is 1. The molecule has 2 rings (SSSR count). The Morgan fingerprint density at radius 1 is 1.42 bits per heavy atom. The first-order valence-electron chi connectivity index (χ1n) is 6.13. The molecule has 0 N–H and O–H groups in total. The van der Waals surface area contributed by atoms with E-state index in [-0.39, 0.29) is 5.63 Å². The molecule has 0 saturated carbocycles. The lowest BCUT2D eigenvalue weighted by atomic mass is 10.1. The van der Waals surface area contributed by atoms with E-state index in [0.29, 0.717) is 17.9 Å². The Morgan fingerprint density at radius 3 is 2.89 bits per heavy atom. The summed E-state index contributed by atoms with van der Waals surface area (Å²) in [5, 5.41) is 0.964. The molecule has 1 aromatic carbocycles. The summed E-state index contributed by atoms with van der Waals surface area (Å²) in [7, 11) is 0. The number of ether oxygens (including phenoxy) is 1. The fourth-order valence-corrected chi connectivity index (χ4v) is 2.05. The summed E-state index contributed by atoms with van der Waals surface area (Å²) < 4.78 is 11.5. The summed E-state index contributed by atoms with van der Waals surface area (Å²) in [6, 6.07) is 7.10. The fourth-order valence-electron chi connectivity index (χ4n) is 1.94. The average Bonchev–Trinajstić information content (AvgIpc) is 2.36. The number of hydrogen-bond donors (Lipinski definition) is 0. The highest BCUT2D eigenvalue weighted by atomic mass is 79.9. The van der Waals surface area contributed by atoms with Crippen LogP contribution in [0.3, 0.4) is 0 Å². The summed E-state index contributed by atoms with van der Waals surface area (Å²) >= 11 is 3.23. The van der Waals surface area contributed by atoms with Gasteiger partial charge in [0, 0.05) is 22.0 Å². The van der Waals surface area contributed by atoms with Gasteiger partial charge < -0.3 is 9.15 Å². The Hall–Kier alpha value is -1.55. The van der Waals surface area contributed by atoms with Gasteiger partial charge in [-0.15, -0.1) is 0 Å². The van der Waals surface area contributed by atoms with Gasteiger partial charge >= 0.3 is 5.63 Å². The molecule has 0 spiro atoms. The summed E-state index contributed by atoms with van der Waals surface area (Å²) in [6.45, 7) is 6.17.